The second kappa shape index (κ2) is 5.78. The van der Waals surface area contributed by atoms with Gasteiger partial charge in [0.25, 0.3) is 0 Å². The lowest BCUT2D eigenvalue weighted by Gasteiger charge is -2.10. The number of rotatable bonds is 2. The van der Waals surface area contributed by atoms with Crippen LogP contribution in [0.25, 0.3) is 21.9 Å². The van der Waals surface area contributed by atoms with Gasteiger partial charge in [0.2, 0.25) is 0 Å². The first kappa shape index (κ1) is 14.5. The zero-order valence-corrected chi connectivity index (χ0v) is 12.5. The van der Waals surface area contributed by atoms with Crippen molar-refractivity contribution >= 4 is 28.3 Å². The summed E-state index contributed by atoms with van der Waals surface area (Å²) in [5.74, 6) is -0.786. The first-order chi connectivity index (χ1) is 10.6. The Labute approximate surface area is 132 Å². The molecule has 4 heteroatoms. The highest BCUT2D eigenvalue weighted by molar-refractivity contribution is 6.33. The number of hydrogen-bond acceptors (Lipinski definition) is 2. The molecule has 3 aromatic carbocycles. The lowest BCUT2D eigenvalue weighted by atomic mass is 9.96. The second-order valence-corrected chi connectivity index (χ2v) is 5.26. The summed E-state index contributed by atoms with van der Waals surface area (Å²) in [7, 11) is 1.34. The van der Waals surface area contributed by atoms with Gasteiger partial charge in [0, 0.05) is 5.56 Å². The van der Waals surface area contributed by atoms with Crippen LogP contribution >= 0.6 is 11.6 Å². The number of carbonyl (C=O) groups excluding carboxylic acids is 1. The van der Waals surface area contributed by atoms with Gasteiger partial charge in [-0.3, -0.25) is 0 Å². The number of carbonyl (C=O) groups is 1. The van der Waals surface area contributed by atoms with Crippen LogP contribution in [-0.2, 0) is 4.74 Å². The van der Waals surface area contributed by atoms with E-state index in [4.69, 9.17) is 16.3 Å². The molecule has 0 radical (unpaired) electrons. The van der Waals surface area contributed by atoms with Crippen molar-refractivity contribution in [1.29, 1.82) is 0 Å². The van der Waals surface area contributed by atoms with Gasteiger partial charge in [-0.15, -0.1) is 0 Å². The van der Waals surface area contributed by atoms with Crippen LogP contribution < -0.4 is 0 Å². The summed E-state index contributed by atoms with van der Waals surface area (Å²) in [4.78, 5) is 11.7. The minimum atomic E-state index is -0.401. The molecule has 0 saturated carbocycles. The van der Waals surface area contributed by atoms with E-state index in [-0.39, 0.29) is 5.82 Å². The Morgan fingerprint density at radius 2 is 1.86 bits per heavy atom. The number of halogens is 2. The van der Waals surface area contributed by atoms with Gasteiger partial charge >= 0.3 is 5.97 Å². The van der Waals surface area contributed by atoms with E-state index >= 15 is 0 Å². The molecular weight excluding hydrogens is 303 g/mol. The third kappa shape index (κ3) is 2.55. The van der Waals surface area contributed by atoms with Gasteiger partial charge in [0.05, 0.1) is 17.7 Å². The van der Waals surface area contributed by atoms with Crippen LogP contribution in [0, 0.1) is 5.82 Å². The van der Waals surface area contributed by atoms with E-state index in [0.29, 0.717) is 10.6 Å². The van der Waals surface area contributed by atoms with Gasteiger partial charge in [0.15, 0.2) is 0 Å². The van der Waals surface area contributed by atoms with Crippen LogP contribution in [0.3, 0.4) is 0 Å². The third-order valence-corrected chi connectivity index (χ3v) is 3.84. The number of esters is 1. The molecular formula is C18H12ClFO2. The molecule has 0 aliphatic heterocycles. The maximum absolute atomic E-state index is 13.2. The molecule has 3 aromatic rings. The van der Waals surface area contributed by atoms with Gasteiger partial charge in [-0.05, 0) is 46.7 Å². The van der Waals surface area contributed by atoms with Crippen LogP contribution in [0.15, 0.2) is 54.6 Å². The molecule has 0 bridgehead atoms. The van der Waals surface area contributed by atoms with Crippen molar-refractivity contribution in [2.24, 2.45) is 0 Å². The predicted molar refractivity (Wildman–Crippen MR) is 85.7 cm³/mol. The van der Waals surface area contributed by atoms with Crippen LogP contribution in [0.5, 0.6) is 0 Å². The van der Waals surface area contributed by atoms with Crippen LogP contribution in [0.4, 0.5) is 4.39 Å². The summed E-state index contributed by atoms with van der Waals surface area (Å²) in [5.41, 5.74) is 2.02. The molecule has 2 nitrogen and oxygen atoms in total. The fraction of sp³-hybridized carbons (Fsp3) is 0.0556. The minimum absolute atomic E-state index is 0.330. The van der Waals surface area contributed by atoms with Crippen molar-refractivity contribution in [3.63, 3.8) is 0 Å². The summed E-state index contributed by atoms with van der Waals surface area (Å²) in [6.07, 6.45) is 0. The van der Waals surface area contributed by atoms with Gasteiger partial charge in [0.1, 0.15) is 5.82 Å². The fourth-order valence-electron chi connectivity index (χ4n) is 2.46. The lowest BCUT2D eigenvalue weighted by molar-refractivity contribution is 0.0601. The van der Waals surface area contributed by atoms with Crippen LogP contribution in [0.1, 0.15) is 10.4 Å². The average molecular weight is 315 g/mol. The maximum atomic E-state index is 13.2. The Kier molecular flexibility index (Phi) is 3.82. The van der Waals surface area contributed by atoms with Gasteiger partial charge in [-0.1, -0.05) is 35.9 Å². The van der Waals surface area contributed by atoms with E-state index in [9.17, 15) is 9.18 Å². The summed E-state index contributed by atoms with van der Waals surface area (Å²) >= 11 is 6.16. The molecule has 0 saturated heterocycles. The second-order valence-electron chi connectivity index (χ2n) is 4.86. The van der Waals surface area contributed by atoms with Gasteiger partial charge in [-0.2, -0.15) is 0 Å². The van der Waals surface area contributed by atoms with Gasteiger partial charge < -0.3 is 4.74 Å². The molecule has 3 rings (SSSR count). The Balaban J connectivity index is 2.26. The van der Waals surface area contributed by atoms with E-state index < -0.39 is 5.97 Å². The number of fused-ring (bicyclic) bond motifs is 1. The van der Waals surface area contributed by atoms with Crippen LogP contribution in [0.2, 0.25) is 5.02 Å². The molecule has 110 valence electrons. The first-order valence-electron chi connectivity index (χ1n) is 6.66. The molecule has 0 fully saturated rings. The molecule has 0 unspecified atom stereocenters. The van der Waals surface area contributed by atoms with E-state index in [2.05, 4.69) is 0 Å². The highest BCUT2D eigenvalue weighted by Crippen LogP contribution is 2.34. The van der Waals surface area contributed by atoms with Crippen molar-refractivity contribution in [2.45, 2.75) is 0 Å². The number of ether oxygens (including phenoxy) is 1. The molecule has 0 N–H and O–H groups in total. The summed E-state index contributed by atoms with van der Waals surface area (Å²) in [6.45, 7) is 0. The lowest BCUT2D eigenvalue weighted by Crippen LogP contribution is -2.00. The van der Waals surface area contributed by atoms with Crippen molar-refractivity contribution < 1.29 is 13.9 Å². The molecule has 0 amide bonds. The van der Waals surface area contributed by atoms with Crippen molar-refractivity contribution in [2.75, 3.05) is 7.11 Å². The number of methoxy groups -OCH3 is 1. The van der Waals surface area contributed by atoms with Crippen molar-refractivity contribution in [3.8, 4) is 11.1 Å². The highest BCUT2D eigenvalue weighted by Gasteiger charge is 2.11. The van der Waals surface area contributed by atoms with E-state index in [0.717, 1.165) is 21.9 Å². The van der Waals surface area contributed by atoms with E-state index in [1.165, 1.54) is 19.2 Å². The zero-order chi connectivity index (χ0) is 15.7. The predicted octanol–water partition coefficient (Wildman–Crippen LogP) is 5.09. The van der Waals surface area contributed by atoms with E-state index in [1.54, 1.807) is 18.2 Å². The summed E-state index contributed by atoms with van der Waals surface area (Å²) < 4.78 is 18.0. The Hall–Kier alpha value is -2.39. The van der Waals surface area contributed by atoms with E-state index in [1.807, 2.05) is 24.3 Å². The smallest absolute Gasteiger partial charge is 0.337 e. The molecule has 0 heterocycles. The third-order valence-electron chi connectivity index (χ3n) is 3.52. The largest absolute Gasteiger partial charge is 0.465 e. The summed E-state index contributed by atoms with van der Waals surface area (Å²) in [5, 5.41) is 2.15. The molecule has 22 heavy (non-hydrogen) atoms. The Morgan fingerprint density at radius 1 is 1.05 bits per heavy atom. The van der Waals surface area contributed by atoms with Crippen molar-refractivity contribution in [1.82, 2.24) is 0 Å². The standard InChI is InChI=1S/C18H12ClFO2/c1-22-18(21)12-6-5-11-3-2-4-14(16(11)9-12)15-8-7-13(20)10-17(15)19/h2-10H,1H3. The average Bonchev–Trinajstić information content (AvgIpc) is 2.53. The van der Waals surface area contributed by atoms with Crippen molar-refractivity contribution in [3.05, 3.63) is 71.0 Å². The number of hydrogen-bond donors (Lipinski definition) is 0. The molecule has 0 aliphatic carbocycles. The molecule has 0 aromatic heterocycles. The topological polar surface area (TPSA) is 26.3 Å². The number of benzene rings is 3. The fourth-order valence-corrected chi connectivity index (χ4v) is 2.73. The Morgan fingerprint density at radius 3 is 2.59 bits per heavy atom. The summed E-state index contributed by atoms with van der Waals surface area (Å²) in [6, 6.07) is 15.3. The monoisotopic (exact) mass is 314 g/mol. The Bertz CT molecular complexity index is 874. The molecule has 0 spiro atoms. The van der Waals surface area contributed by atoms with Crippen LogP contribution in [-0.4, -0.2) is 13.1 Å². The molecule has 0 atom stereocenters. The highest BCUT2D eigenvalue weighted by atomic mass is 35.5. The molecule has 0 aliphatic rings. The quantitative estimate of drug-likeness (QED) is 0.616. The minimum Gasteiger partial charge on any atom is -0.465 e. The maximum Gasteiger partial charge on any atom is 0.337 e. The first-order valence-corrected chi connectivity index (χ1v) is 7.04. The zero-order valence-electron chi connectivity index (χ0n) is 11.8. The normalized spacial score (nSPS) is 10.7. The SMILES string of the molecule is COC(=O)c1ccc2cccc(-c3ccc(F)cc3Cl)c2c1. The van der Waals surface area contributed by atoms with Gasteiger partial charge in [-0.25, -0.2) is 9.18 Å².